The van der Waals surface area contributed by atoms with E-state index in [2.05, 4.69) is 20.8 Å². The predicted octanol–water partition coefficient (Wildman–Crippen LogP) is 4.22. The Labute approximate surface area is 225 Å². The molecule has 2 fully saturated rings. The number of amides is 2. The number of anilines is 2. The third-order valence-electron chi connectivity index (χ3n) is 7.29. The molecule has 0 radical (unpaired) electrons. The molecule has 0 aromatic heterocycles. The van der Waals surface area contributed by atoms with Crippen molar-refractivity contribution in [2.24, 2.45) is 5.92 Å². The van der Waals surface area contributed by atoms with Gasteiger partial charge in [0.15, 0.2) is 9.84 Å². The van der Waals surface area contributed by atoms with Crippen LogP contribution in [0, 0.1) is 12.8 Å². The van der Waals surface area contributed by atoms with Crippen LogP contribution in [0.15, 0.2) is 39.7 Å². The average Bonchev–Trinajstić information content (AvgIpc) is 3.63. The average molecular weight is 595 g/mol. The zero-order chi connectivity index (χ0) is 25.6. The van der Waals surface area contributed by atoms with Crippen LogP contribution in [-0.4, -0.2) is 63.6 Å². The number of rotatable bonds is 6. The van der Waals surface area contributed by atoms with Crippen molar-refractivity contribution in [2.75, 3.05) is 48.3 Å². The maximum absolute atomic E-state index is 13.2. The molecule has 2 aliphatic heterocycles. The Morgan fingerprint density at radius 3 is 2.44 bits per heavy atom. The van der Waals surface area contributed by atoms with Crippen molar-refractivity contribution in [3.8, 4) is 0 Å². The Morgan fingerprint density at radius 2 is 1.75 bits per heavy atom. The second-order valence-electron chi connectivity index (χ2n) is 9.79. The molecule has 10 heteroatoms. The summed E-state index contributed by atoms with van der Waals surface area (Å²) in [5, 5.41) is 0.678. The molecule has 2 aromatic carbocycles. The van der Waals surface area contributed by atoms with Crippen molar-refractivity contribution in [3.05, 3.63) is 51.0 Å². The van der Waals surface area contributed by atoms with Crippen molar-refractivity contribution in [2.45, 2.75) is 37.5 Å². The summed E-state index contributed by atoms with van der Waals surface area (Å²) in [5.74, 6) is -0.279. The van der Waals surface area contributed by atoms with Crippen LogP contribution >= 0.6 is 27.5 Å². The third kappa shape index (κ3) is 5.15. The lowest BCUT2D eigenvalue weighted by atomic mass is 10.1. The van der Waals surface area contributed by atoms with E-state index in [0.717, 1.165) is 29.7 Å². The number of hydrogen-bond donors (Lipinski definition) is 0. The Bertz CT molecular complexity index is 1320. The van der Waals surface area contributed by atoms with E-state index in [1.165, 1.54) is 0 Å². The molecular weight excluding hydrogens is 566 g/mol. The topological polar surface area (TPSA) is 78.0 Å². The smallest absolute Gasteiger partial charge is 0.230 e. The van der Waals surface area contributed by atoms with Gasteiger partial charge < -0.3 is 14.7 Å². The molecule has 0 atom stereocenters. The maximum atomic E-state index is 13.2. The van der Waals surface area contributed by atoms with Gasteiger partial charge in [-0.1, -0.05) is 17.7 Å². The predicted molar refractivity (Wildman–Crippen MR) is 145 cm³/mol. The molecule has 0 N–H and O–H groups in total. The zero-order valence-electron chi connectivity index (χ0n) is 20.2. The SMILES string of the molecule is Cc1ccc(Cl)cc1N1CCN(C(=O)CCS(=O)(=O)c2cc3c(cc2Br)CCN3C(=O)C2CC2)CC1. The first kappa shape index (κ1) is 25.5. The lowest BCUT2D eigenvalue weighted by Crippen LogP contribution is -2.49. The van der Waals surface area contributed by atoms with Gasteiger partial charge >= 0.3 is 0 Å². The van der Waals surface area contributed by atoms with Crippen molar-refractivity contribution < 1.29 is 18.0 Å². The summed E-state index contributed by atoms with van der Waals surface area (Å²) in [6.45, 7) is 5.02. The largest absolute Gasteiger partial charge is 0.368 e. The van der Waals surface area contributed by atoms with E-state index in [1.54, 1.807) is 21.9 Å². The number of carbonyl (C=O) groups is 2. The molecule has 3 aliphatic rings. The van der Waals surface area contributed by atoms with Crippen molar-refractivity contribution >= 4 is 60.6 Å². The van der Waals surface area contributed by atoms with E-state index in [1.807, 2.05) is 25.1 Å². The van der Waals surface area contributed by atoms with Gasteiger partial charge in [0.25, 0.3) is 0 Å². The number of carbonyl (C=O) groups excluding carboxylic acids is 2. The number of nitrogens with zero attached hydrogens (tertiary/aromatic N) is 3. The molecule has 0 spiro atoms. The number of fused-ring (bicyclic) bond motifs is 1. The van der Waals surface area contributed by atoms with Crippen molar-refractivity contribution in [3.63, 3.8) is 0 Å². The van der Waals surface area contributed by atoms with Gasteiger partial charge in [0.1, 0.15) is 0 Å². The van der Waals surface area contributed by atoms with E-state index in [9.17, 15) is 18.0 Å². The fourth-order valence-corrected chi connectivity index (χ4v) is 7.62. The molecule has 2 aromatic rings. The maximum Gasteiger partial charge on any atom is 0.230 e. The van der Waals surface area contributed by atoms with Gasteiger partial charge in [-0.15, -0.1) is 0 Å². The second-order valence-corrected chi connectivity index (χ2v) is 13.2. The van der Waals surface area contributed by atoms with Crippen LogP contribution in [-0.2, 0) is 25.8 Å². The summed E-state index contributed by atoms with van der Waals surface area (Å²) < 4.78 is 27.0. The standard InChI is InChI=1S/C26H29BrClN3O4S/c1-17-2-5-20(28)15-22(17)29-9-11-30(12-10-29)25(32)7-13-36(34,35)24-16-23-19(14-21(24)27)6-8-31(23)26(33)18-3-4-18/h2,5,14-16,18H,3-4,6-13H2,1H3. The fraction of sp³-hybridized carbons (Fsp3) is 0.462. The molecule has 7 nitrogen and oxygen atoms in total. The van der Waals surface area contributed by atoms with Crippen LogP contribution in [0.3, 0.4) is 0 Å². The molecule has 192 valence electrons. The van der Waals surface area contributed by atoms with Gasteiger partial charge in [0.2, 0.25) is 11.8 Å². The minimum atomic E-state index is -3.72. The highest BCUT2D eigenvalue weighted by Gasteiger charge is 2.37. The molecule has 5 rings (SSSR count). The second kappa shape index (κ2) is 9.99. The normalized spacial score (nSPS) is 17.9. The Morgan fingerprint density at radius 1 is 1.03 bits per heavy atom. The summed E-state index contributed by atoms with van der Waals surface area (Å²) in [4.78, 5) is 31.4. The van der Waals surface area contributed by atoms with Crippen molar-refractivity contribution in [1.82, 2.24) is 4.90 Å². The summed E-state index contributed by atoms with van der Waals surface area (Å²) in [5.41, 5.74) is 3.85. The van der Waals surface area contributed by atoms with Gasteiger partial charge in [-0.05, 0) is 77.5 Å². The summed E-state index contributed by atoms with van der Waals surface area (Å²) in [7, 11) is -3.72. The number of sulfone groups is 1. The lowest BCUT2D eigenvalue weighted by molar-refractivity contribution is -0.131. The molecule has 0 bridgehead atoms. The van der Waals surface area contributed by atoms with E-state index >= 15 is 0 Å². The summed E-state index contributed by atoms with van der Waals surface area (Å²) >= 11 is 9.58. The van der Waals surface area contributed by atoms with Crippen LogP contribution in [0.1, 0.15) is 30.4 Å². The fourth-order valence-electron chi connectivity index (χ4n) is 5.02. The van der Waals surface area contributed by atoms with Crippen LogP contribution in [0.2, 0.25) is 5.02 Å². The van der Waals surface area contributed by atoms with E-state index < -0.39 is 9.84 Å². The van der Waals surface area contributed by atoms with Gasteiger partial charge in [0, 0.05) is 65.9 Å². The van der Waals surface area contributed by atoms with Crippen LogP contribution in [0.5, 0.6) is 0 Å². The van der Waals surface area contributed by atoms with Gasteiger partial charge in [-0.25, -0.2) is 8.42 Å². The molecular formula is C26H29BrClN3O4S. The highest BCUT2D eigenvalue weighted by Crippen LogP contribution is 2.39. The highest BCUT2D eigenvalue weighted by molar-refractivity contribution is 9.10. The highest BCUT2D eigenvalue weighted by atomic mass is 79.9. The van der Waals surface area contributed by atoms with Gasteiger partial charge in [-0.2, -0.15) is 0 Å². The van der Waals surface area contributed by atoms with Crippen molar-refractivity contribution in [1.29, 1.82) is 0 Å². The first-order valence-electron chi connectivity index (χ1n) is 12.3. The number of aryl methyl sites for hydroxylation is 1. The molecule has 1 saturated heterocycles. The monoisotopic (exact) mass is 593 g/mol. The number of hydrogen-bond acceptors (Lipinski definition) is 5. The van der Waals surface area contributed by atoms with Crippen LogP contribution < -0.4 is 9.80 Å². The van der Waals surface area contributed by atoms with Gasteiger partial charge in [-0.3, -0.25) is 9.59 Å². The number of benzene rings is 2. The minimum Gasteiger partial charge on any atom is -0.368 e. The minimum absolute atomic E-state index is 0.0699. The zero-order valence-corrected chi connectivity index (χ0v) is 23.3. The number of halogens is 2. The summed E-state index contributed by atoms with van der Waals surface area (Å²) in [6, 6.07) is 9.20. The lowest BCUT2D eigenvalue weighted by Gasteiger charge is -2.37. The Hall–Kier alpha value is -2.10. The quantitative estimate of drug-likeness (QED) is 0.501. The molecule has 1 aliphatic carbocycles. The Kier molecular flexibility index (Phi) is 7.09. The molecule has 2 amide bonds. The third-order valence-corrected chi connectivity index (χ3v) is 10.2. The molecule has 1 saturated carbocycles. The first-order valence-corrected chi connectivity index (χ1v) is 15.1. The number of piperazine rings is 1. The molecule has 2 heterocycles. The first-order chi connectivity index (χ1) is 17.1. The Balaban J connectivity index is 1.22. The molecule has 0 unspecified atom stereocenters. The van der Waals surface area contributed by atoms with E-state index in [0.29, 0.717) is 54.3 Å². The van der Waals surface area contributed by atoms with Crippen LogP contribution in [0.4, 0.5) is 11.4 Å². The van der Waals surface area contributed by atoms with Gasteiger partial charge in [0.05, 0.1) is 10.6 Å². The molecule has 36 heavy (non-hydrogen) atoms. The van der Waals surface area contributed by atoms with Crippen LogP contribution in [0.25, 0.3) is 0 Å². The van der Waals surface area contributed by atoms with E-state index in [4.69, 9.17) is 11.6 Å². The summed E-state index contributed by atoms with van der Waals surface area (Å²) in [6.07, 6.45) is 2.45. The van der Waals surface area contributed by atoms with E-state index in [-0.39, 0.29) is 34.8 Å².